The number of carboxylic acid groups (broad SMARTS) is 1. The minimum atomic E-state index is -1.06. The summed E-state index contributed by atoms with van der Waals surface area (Å²) in [5.74, 6) is 0.0296. The van der Waals surface area contributed by atoms with Crippen LogP contribution in [0.2, 0.25) is 0 Å². The van der Waals surface area contributed by atoms with Gasteiger partial charge >= 0.3 is 12.1 Å². The zero-order valence-corrected chi connectivity index (χ0v) is 18.6. The van der Waals surface area contributed by atoms with Gasteiger partial charge in [0.25, 0.3) is 0 Å². The predicted molar refractivity (Wildman–Crippen MR) is 124 cm³/mol. The number of rotatable bonds is 6. The van der Waals surface area contributed by atoms with Crippen molar-refractivity contribution in [1.82, 2.24) is 14.9 Å². The summed E-state index contributed by atoms with van der Waals surface area (Å²) in [7, 11) is 1.78. The molecule has 1 saturated heterocycles. The molecule has 1 atom stereocenters. The molecule has 33 heavy (non-hydrogen) atoms. The SMILES string of the molecule is CNc1ccc(-c2c(C(=O)O)[nH]c3c([C@H](C)N4CC5(CC(CN)C5)OC4=O)cccc23)cn1. The molecule has 1 spiro atoms. The van der Waals surface area contributed by atoms with Crippen LogP contribution in [0.5, 0.6) is 0 Å². The lowest BCUT2D eigenvalue weighted by Gasteiger charge is -2.42. The fraction of sp³-hybridized carbons (Fsp3) is 0.375. The number of nitrogens with two attached hydrogens (primary N) is 1. The van der Waals surface area contributed by atoms with Crippen molar-refractivity contribution in [2.45, 2.75) is 31.4 Å². The Hall–Kier alpha value is -3.59. The smallest absolute Gasteiger partial charge is 0.411 e. The van der Waals surface area contributed by atoms with Gasteiger partial charge in [-0.2, -0.15) is 0 Å². The molecule has 1 aromatic carbocycles. The summed E-state index contributed by atoms with van der Waals surface area (Å²) < 4.78 is 5.76. The number of pyridine rings is 1. The van der Waals surface area contributed by atoms with Gasteiger partial charge < -0.3 is 25.9 Å². The average molecular weight is 450 g/mol. The number of amides is 1. The number of carboxylic acids is 1. The molecule has 2 aromatic heterocycles. The van der Waals surface area contributed by atoms with Crippen LogP contribution in [0.3, 0.4) is 0 Å². The second-order valence-electron chi connectivity index (χ2n) is 9.00. The summed E-state index contributed by atoms with van der Waals surface area (Å²) in [6.07, 6.45) is 2.89. The fourth-order valence-corrected chi connectivity index (χ4v) is 5.22. The number of anilines is 1. The Labute approximate surface area is 190 Å². The highest BCUT2D eigenvalue weighted by Gasteiger charge is 2.54. The van der Waals surface area contributed by atoms with Gasteiger partial charge in [-0.25, -0.2) is 14.6 Å². The molecule has 0 radical (unpaired) electrons. The van der Waals surface area contributed by atoms with Gasteiger partial charge in [0.05, 0.1) is 18.1 Å². The summed E-state index contributed by atoms with van der Waals surface area (Å²) in [6.45, 7) is 3.05. The number of nitrogens with zero attached hydrogens (tertiary/aromatic N) is 2. The second-order valence-corrected chi connectivity index (χ2v) is 9.00. The van der Waals surface area contributed by atoms with Crippen LogP contribution in [0, 0.1) is 5.92 Å². The number of hydrogen-bond acceptors (Lipinski definition) is 6. The Morgan fingerprint density at radius 1 is 1.39 bits per heavy atom. The predicted octanol–water partition coefficient (Wildman–Crippen LogP) is 3.59. The first-order valence-corrected chi connectivity index (χ1v) is 11.1. The molecule has 1 aliphatic carbocycles. The Morgan fingerprint density at radius 3 is 2.82 bits per heavy atom. The van der Waals surface area contributed by atoms with Crippen LogP contribution < -0.4 is 11.1 Å². The largest absolute Gasteiger partial charge is 0.477 e. The van der Waals surface area contributed by atoms with Crippen molar-refractivity contribution in [1.29, 1.82) is 0 Å². The number of para-hydroxylation sites is 1. The standard InChI is InChI=1S/C24H27N5O4/c1-13(29-12-24(33-23(29)32)8-14(9-24)10-25)16-4-3-5-17-19(21(22(30)31)28-20(16)17)15-6-7-18(26-2)27-11-15/h3-7,11,13-14,28H,8-10,12,25H2,1-2H3,(H,26,27)(H,30,31)/t13-,14?,24?/m0/s1. The van der Waals surface area contributed by atoms with Gasteiger partial charge in [-0.15, -0.1) is 0 Å². The number of nitrogens with one attached hydrogen (secondary N) is 2. The number of carbonyl (C=O) groups excluding carboxylic acids is 1. The van der Waals surface area contributed by atoms with Gasteiger partial charge in [0.1, 0.15) is 17.1 Å². The van der Waals surface area contributed by atoms with Crippen molar-refractivity contribution in [3.8, 4) is 11.1 Å². The first-order valence-electron chi connectivity index (χ1n) is 11.1. The maximum atomic E-state index is 12.7. The highest BCUT2D eigenvalue weighted by atomic mass is 16.6. The van der Waals surface area contributed by atoms with Gasteiger partial charge in [0, 0.05) is 29.8 Å². The number of aromatic nitrogens is 2. The van der Waals surface area contributed by atoms with Crippen LogP contribution in [0.25, 0.3) is 22.0 Å². The maximum absolute atomic E-state index is 12.7. The third kappa shape index (κ3) is 3.39. The van der Waals surface area contributed by atoms with Crippen LogP contribution in [0.4, 0.5) is 10.6 Å². The number of benzene rings is 1. The molecule has 2 fully saturated rings. The third-order valence-electron chi connectivity index (χ3n) is 6.96. The molecule has 3 aromatic rings. The molecular formula is C24H27N5O4. The van der Waals surface area contributed by atoms with Crippen molar-refractivity contribution in [3.63, 3.8) is 0 Å². The van der Waals surface area contributed by atoms with E-state index >= 15 is 0 Å². The van der Waals surface area contributed by atoms with Crippen molar-refractivity contribution in [3.05, 3.63) is 47.8 Å². The Bertz CT molecular complexity index is 1230. The second kappa shape index (κ2) is 7.77. The monoisotopic (exact) mass is 449 g/mol. The van der Waals surface area contributed by atoms with E-state index in [0.717, 1.165) is 23.8 Å². The zero-order chi connectivity index (χ0) is 23.3. The molecule has 3 heterocycles. The lowest BCUT2D eigenvalue weighted by Crippen LogP contribution is -2.49. The lowest BCUT2D eigenvalue weighted by atomic mass is 9.71. The molecule has 1 saturated carbocycles. The molecule has 1 aliphatic heterocycles. The van der Waals surface area contributed by atoms with E-state index in [1.807, 2.05) is 31.2 Å². The van der Waals surface area contributed by atoms with E-state index in [1.165, 1.54) is 0 Å². The molecule has 0 unspecified atom stereocenters. The first-order chi connectivity index (χ1) is 15.9. The van der Waals surface area contributed by atoms with Gasteiger partial charge in [0.15, 0.2) is 0 Å². The van der Waals surface area contributed by atoms with Crippen LogP contribution in [0.15, 0.2) is 36.5 Å². The van der Waals surface area contributed by atoms with Crippen LogP contribution >= 0.6 is 0 Å². The molecule has 9 nitrogen and oxygen atoms in total. The Balaban J connectivity index is 1.55. The Morgan fingerprint density at radius 2 is 2.18 bits per heavy atom. The number of aromatic carboxylic acids is 1. The van der Waals surface area contributed by atoms with E-state index in [4.69, 9.17) is 10.5 Å². The molecule has 9 heteroatoms. The first kappa shape index (κ1) is 21.3. The fourth-order valence-electron chi connectivity index (χ4n) is 5.22. The van der Waals surface area contributed by atoms with E-state index in [9.17, 15) is 14.7 Å². The molecule has 2 aliphatic rings. The average Bonchev–Trinajstić information content (AvgIpc) is 3.36. The van der Waals surface area contributed by atoms with Crippen LogP contribution in [-0.2, 0) is 4.74 Å². The van der Waals surface area contributed by atoms with E-state index in [1.54, 1.807) is 24.2 Å². The van der Waals surface area contributed by atoms with E-state index in [-0.39, 0.29) is 17.8 Å². The van der Waals surface area contributed by atoms with Gasteiger partial charge in [-0.05, 0) is 49.9 Å². The van der Waals surface area contributed by atoms with Gasteiger partial charge in [0.2, 0.25) is 0 Å². The molecule has 0 bridgehead atoms. The number of aromatic amines is 1. The number of ether oxygens (including phenoxy) is 1. The summed E-state index contributed by atoms with van der Waals surface area (Å²) >= 11 is 0. The van der Waals surface area contributed by atoms with Gasteiger partial charge in [-0.1, -0.05) is 18.2 Å². The highest BCUT2D eigenvalue weighted by molar-refractivity contribution is 6.08. The summed E-state index contributed by atoms with van der Waals surface area (Å²) in [4.78, 5) is 34.0. The molecule has 5 N–H and O–H groups in total. The number of hydrogen-bond donors (Lipinski definition) is 4. The zero-order valence-electron chi connectivity index (χ0n) is 18.6. The highest BCUT2D eigenvalue weighted by Crippen LogP contribution is 2.47. The maximum Gasteiger partial charge on any atom is 0.411 e. The topological polar surface area (TPSA) is 134 Å². The van der Waals surface area contributed by atoms with Crippen molar-refractivity contribution in [2.24, 2.45) is 11.7 Å². The van der Waals surface area contributed by atoms with Crippen LogP contribution in [-0.4, -0.2) is 57.8 Å². The third-order valence-corrected chi connectivity index (χ3v) is 6.96. The van der Waals surface area contributed by atoms with Gasteiger partial charge in [-0.3, -0.25) is 4.90 Å². The molecular weight excluding hydrogens is 422 g/mol. The lowest BCUT2D eigenvalue weighted by molar-refractivity contribution is -0.0439. The van der Waals surface area contributed by atoms with E-state index in [2.05, 4.69) is 15.3 Å². The summed E-state index contributed by atoms with van der Waals surface area (Å²) in [5.41, 5.74) is 8.21. The number of carbonyl (C=O) groups is 2. The van der Waals surface area contributed by atoms with E-state index in [0.29, 0.717) is 41.5 Å². The van der Waals surface area contributed by atoms with E-state index < -0.39 is 11.6 Å². The van der Waals surface area contributed by atoms with Crippen LogP contribution in [0.1, 0.15) is 41.9 Å². The molecule has 1 amide bonds. The minimum absolute atomic E-state index is 0.0916. The minimum Gasteiger partial charge on any atom is -0.477 e. The number of fused-ring (bicyclic) bond motifs is 1. The molecule has 172 valence electrons. The summed E-state index contributed by atoms with van der Waals surface area (Å²) in [6, 6.07) is 9.04. The van der Waals surface area contributed by atoms with Crippen molar-refractivity contribution in [2.75, 3.05) is 25.5 Å². The normalized spacial score (nSPS) is 22.9. The summed E-state index contributed by atoms with van der Waals surface area (Å²) in [5, 5.41) is 13.6. The van der Waals surface area contributed by atoms with Crippen molar-refractivity contribution < 1.29 is 19.4 Å². The van der Waals surface area contributed by atoms with Crippen molar-refractivity contribution >= 4 is 28.8 Å². The quantitative estimate of drug-likeness (QED) is 0.452. The number of H-pyrrole nitrogens is 1. The Kier molecular flexibility index (Phi) is 5.01. The molecule has 5 rings (SSSR count).